The second kappa shape index (κ2) is 4.72. The molecule has 0 aliphatic heterocycles. The third kappa shape index (κ3) is 2.08. The van der Waals surface area contributed by atoms with Crippen molar-refractivity contribution in [3.63, 3.8) is 0 Å². The molecule has 3 rings (SSSR count). The summed E-state index contributed by atoms with van der Waals surface area (Å²) in [7, 11) is 0. The number of fused-ring (bicyclic) bond motifs is 1. The number of hydrogen-bond donors (Lipinski definition) is 2. The molecule has 2 N–H and O–H groups in total. The SMILES string of the molecule is Cc1[nH]nc(NC(=O)c2cc3c(F)cccc3s2)c1C. The van der Waals surface area contributed by atoms with Gasteiger partial charge in [-0.1, -0.05) is 6.07 Å². The maximum absolute atomic E-state index is 13.6. The average Bonchev–Trinajstić information content (AvgIpc) is 2.99. The molecule has 20 heavy (non-hydrogen) atoms. The largest absolute Gasteiger partial charge is 0.304 e. The summed E-state index contributed by atoms with van der Waals surface area (Å²) in [5.74, 6) is -0.0878. The second-order valence-corrected chi connectivity index (χ2v) is 5.62. The van der Waals surface area contributed by atoms with Crippen molar-refractivity contribution >= 4 is 33.1 Å². The molecule has 0 saturated carbocycles. The van der Waals surface area contributed by atoms with E-state index in [4.69, 9.17) is 0 Å². The third-order valence-electron chi connectivity index (χ3n) is 3.22. The van der Waals surface area contributed by atoms with Crippen molar-refractivity contribution in [1.29, 1.82) is 0 Å². The molecule has 2 heterocycles. The molecule has 4 nitrogen and oxygen atoms in total. The topological polar surface area (TPSA) is 57.8 Å². The number of hydrogen-bond acceptors (Lipinski definition) is 3. The van der Waals surface area contributed by atoms with Gasteiger partial charge in [0.1, 0.15) is 5.82 Å². The maximum atomic E-state index is 13.6. The molecular formula is C14H12FN3OS. The van der Waals surface area contributed by atoms with Crippen LogP contribution in [0.15, 0.2) is 24.3 Å². The number of nitrogens with one attached hydrogen (secondary N) is 2. The van der Waals surface area contributed by atoms with E-state index >= 15 is 0 Å². The number of thiophene rings is 1. The average molecular weight is 289 g/mol. The minimum atomic E-state index is -0.315. The van der Waals surface area contributed by atoms with E-state index in [1.54, 1.807) is 18.2 Å². The zero-order valence-corrected chi connectivity index (χ0v) is 11.8. The van der Waals surface area contributed by atoms with Crippen LogP contribution in [-0.4, -0.2) is 16.1 Å². The second-order valence-electron chi connectivity index (χ2n) is 4.54. The molecule has 0 unspecified atom stereocenters. The van der Waals surface area contributed by atoms with Crippen molar-refractivity contribution in [2.24, 2.45) is 0 Å². The van der Waals surface area contributed by atoms with Gasteiger partial charge in [0.25, 0.3) is 5.91 Å². The minimum Gasteiger partial charge on any atom is -0.304 e. The standard InChI is InChI=1S/C14H12FN3OS/c1-7-8(2)17-18-13(7)16-14(19)12-6-9-10(15)4-3-5-11(9)20-12/h3-6H,1-2H3,(H2,16,17,18,19). The van der Waals surface area contributed by atoms with Crippen LogP contribution in [0.3, 0.4) is 0 Å². The van der Waals surface area contributed by atoms with E-state index in [0.717, 1.165) is 16.0 Å². The lowest BCUT2D eigenvalue weighted by Crippen LogP contribution is -2.11. The molecule has 3 aromatic rings. The molecule has 0 aliphatic carbocycles. The number of rotatable bonds is 2. The van der Waals surface area contributed by atoms with E-state index in [1.807, 2.05) is 13.8 Å². The van der Waals surface area contributed by atoms with Crippen molar-refractivity contribution in [3.05, 3.63) is 46.2 Å². The van der Waals surface area contributed by atoms with Gasteiger partial charge in [-0.15, -0.1) is 11.3 Å². The Bertz CT molecular complexity index is 806. The number of aryl methyl sites for hydroxylation is 1. The lowest BCUT2D eigenvalue weighted by Gasteiger charge is -2.00. The number of amides is 1. The molecule has 0 fully saturated rings. The molecule has 1 aromatic carbocycles. The molecule has 0 atom stereocenters. The Hall–Kier alpha value is -2.21. The summed E-state index contributed by atoms with van der Waals surface area (Å²) in [6, 6.07) is 6.39. The summed E-state index contributed by atoms with van der Waals surface area (Å²) in [5.41, 5.74) is 1.80. The molecular weight excluding hydrogens is 277 g/mol. The number of H-pyrrole nitrogens is 1. The number of aromatic nitrogens is 2. The van der Waals surface area contributed by atoms with Gasteiger partial charge in [0.2, 0.25) is 0 Å². The molecule has 0 spiro atoms. The fraction of sp³-hybridized carbons (Fsp3) is 0.143. The number of anilines is 1. The van der Waals surface area contributed by atoms with Gasteiger partial charge in [0, 0.05) is 21.3 Å². The minimum absolute atomic E-state index is 0.278. The van der Waals surface area contributed by atoms with Crippen LogP contribution >= 0.6 is 11.3 Å². The smallest absolute Gasteiger partial charge is 0.266 e. The van der Waals surface area contributed by atoms with Gasteiger partial charge in [0.05, 0.1) is 4.88 Å². The number of carbonyl (C=O) groups is 1. The Kier molecular flexibility index (Phi) is 3.02. The fourth-order valence-corrected chi connectivity index (χ4v) is 2.88. The van der Waals surface area contributed by atoms with E-state index in [9.17, 15) is 9.18 Å². The molecule has 6 heteroatoms. The maximum Gasteiger partial charge on any atom is 0.266 e. The van der Waals surface area contributed by atoms with E-state index in [1.165, 1.54) is 17.4 Å². The summed E-state index contributed by atoms with van der Waals surface area (Å²) in [4.78, 5) is 12.6. The van der Waals surface area contributed by atoms with Gasteiger partial charge >= 0.3 is 0 Å². The van der Waals surface area contributed by atoms with E-state index < -0.39 is 0 Å². The zero-order chi connectivity index (χ0) is 14.3. The first-order valence-electron chi connectivity index (χ1n) is 6.07. The Morgan fingerprint density at radius 2 is 2.20 bits per heavy atom. The first-order valence-corrected chi connectivity index (χ1v) is 6.89. The number of carbonyl (C=O) groups excluding carboxylic acids is 1. The van der Waals surface area contributed by atoms with Crippen LogP contribution in [0.1, 0.15) is 20.9 Å². The molecule has 1 amide bonds. The molecule has 102 valence electrons. The fourth-order valence-electron chi connectivity index (χ4n) is 1.91. The third-order valence-corrected chi connectivity index (χ3v) is 4.32. The number of benzene rings is 1. The molecule has 0 saturated heterocycles. The van der Waals surface area contributed by atoms with Gasteiger partial charge < -0.3 is 5.32 Å². The van der Waals surface area contributed by atoms with Gasteiger partial charge in [-0.3, -0.25) is 9.89 Å². The van der Waals surface area contributed by atoms with Crippen molar-refractivity contribution in [1.82, 2.24) is 10.2 Å². The van der Waals surface area contributed by atoms with Crippen LogP contribution in [0.25, 0.3) is 10.1 Å². The van der Waals surface area contributed by atoms with Gasteiger partial charge in [-0.2, -0.15) is 5.10 Å². The highest BCUT2D eigenvalue weighted by Gasteiger charge is 2.15. The van der Waals surface area contributed by atoms with Crippen LogP contribution in [0, 0.1) is 19.7 Å². The number of halogens is 1. The van der Waals surface area contributed by atoms with Crippen LogP contribution in [-0.2, 0) is 0 Å². The predicted octanol–water partition coefficient (Wildman–Crippen LogP) is 3.63. The molecule has 0 bridgehead atoms. The lowest BCUT2D eigenvalue weighted by molar-refractivity contribution is 0.103. The van der Waals surface area contributed by atoms with Gasteiger partial charge in [0.15, 0.2) is 5.82 Å². The Morgan fingerprint density at radius 3 is 2.85 bits per heavy atom. The monoisotopic (exact) mass is 289 g/mol. The van der Waals surface area contributed by atoms with Crippen molar-refractivity contribution < 1.29 is 9.18 Å². The van der Waals surface area contributed by atoms with Crippen LogP contribution in [0.5, 0.6) is 0 Å². The summed E-state index contributed by atoms with van der Waals surface area (Å²) in [6.45, 7) is 3.76. The highest BCUT2D eigenvalue weighted by atomic mass is 32.1. The normalized spacial score (nSPS) is 10.9. The van der Waals surface area contributed by atoms with Crippen LogP contribution < -0.4 is 5.32 Å². The molecule has 2 aromatic heterocycles. The van der Waals surface area contributed by atoms with Crippen molar-refractivity contribution in [2.45, 2.75) is 13.8 Å². The van der Waals surface area contributed by atoms with Gasteiger partial charge in [-0.05, 0) is 32.0 Å². The molecule has 0 radical (unpaired) electrons. The predicted molar refractivity (Wildman–Crippen MR) is 77.8 cm³/mol. The van der Waals surface area contributed by atoms with Crippen LogP contribution in [0.4, 0.5) is 10.2 Å². The Morgan fingerprint density at radius 1 is 1.40 bits per heavy atom. The lowest BCUT2D eigenvalue weighted by atomic mass is 10.2. The van der Waals surface area contributed by atoms with Gasteiger partial charge in [-0.25, -0.2) is 4.39 Å². The van der Waals surface area contributed by atoms with E-state index in [2.05, 4.69) is 15.5 Å². The number of aromatic amines is 1. The Balaban J connectivity index is 1.93. The van der Waals surface area contributed by atoms with Crippen LogP contribution in [0.2, 0.25) is 0 Å². The van der Waals surface area contributed by atoms with Crippen molar-refractivity contribution in [2.75, 3.05) is 5.32 Å². The Labute approximate surface area is 118 Å². The first kappa shape index (κ1) is 12.8. The highest BCUT2D eigenvalue weighted by Crippen LogP contribution is 2.28. The quantitative estimate of drug-likeness (QED) is 0.757. The van der Waals surface area contributed by atoms with E-state index in [-0.39, 0.29) is 11.7 Å². The summed E-state index contributed by atoms with van der Waals surface area (Å²) >= 11 is 1.26. The summed E-state index contributed by atoms with van der Waals surface area (Å²) in [5, 5.41) is 10.0. The van der Waals surface area contributed by atoms with Crippen molar-refractivity contribution in [3.8, 4) is 0 Å². The molecule has 0 aliphatic rings. The van der Waals surface area contributed by atoms with E-state index in [0.29, 0.717) is 16.1 Å². The zero-order valence-electron chi connectivity index (χ0n) is 11.0. The number of nitrogens with zero attached hydrogens (tertiary/aromatic N) is 1. The summed E-state index contributed by atoms with van der Waals surface area (Å²) < 4.78 is 14.4. The summed E-state index contributed by atoms with van der Waals surface area (Å²) in [6.07, 6.45) is 0. The first-order chi connectivity index (χ1) is 9.56. The highest BCUT2D eigenvalue weighted by molar-refractivity contribution is 7.20.